The number of hydrogen-bond donors (Lipinski definition) is 0. The van der Waals surface area contributed by atoms with Crippen LogP contribution in [0, 0.1) is 0 Å². The highest BCUT2D eigenvalue weighted by molar-refractivity contribution is 6.09. The Bertz CT molecular complexity index is 1750. The largest absolute Gasteiger partial charge is 0.460 e. The number of hydrogen-bond acceptors (Lipinski definition) is 10. The summed E-state index contributed by atoms with van der Waals surface area (Å²) in [5.41, 5.74) is 3.11. The van der Waals surface area contributed by atoms with Crippen molar-refractivity contribution in [2.75, 3.05) is 26.4 Å². The summed E-state index contributed by atoms with van der Waals surface area (Å²) in [6.07, 6.45) is 0. The summed E-state index contributed by atoms with van der Waals surface area (Å²) in [6.45, 7) is 1.30. The van der Waals surface area contributed by atoms with Crippen molar-refractivity contribution in [3.8, 4) is 0 Å². The first-order chi connectivity index (χ1) is 23.1. The van der Waals surface area contributed by atoms with E-state index in [2.05, 4.69) is 0 Å². The van der Waals surface area contributed by atoms with Crippen molar-refractivity contribution in [1.82, 2.24) is 0 Å². The summed E-state index contributed by atoms with van der Waals surface area (Å²) in [5, 5.41) is 0. The predicted molar refractivity (Wildman–Crippen MR) is 173 cm³/mol. The molecule has 2 atom stereocenters. The Morgan fingerprint density at radius 1 is 0.458 bits per heavy atom. The first kappa shape index (κ1) is 35.0. The van der Waals surface area contributed by atoms with Crippen LogP contribution in [0.4, 0.5) is 0 Å². The summed E-state index contributed by atoms with van der Waals surface area (Å²) < 4.78 is 20.0. The van der Waals surface area contributed by atoms with E-state index < -0.39 is 48.9 Å². The van der Waals surface area contributed by atoms with Gasteiger partial charge in [0.05, 0.1) is 11.8 Å². The molecule has 10 nitrogen and oxygen atoms in total. The Morgan fingerprint density at radius 3 is 1.38 bits per heavy atom. The highest BCUT2D eigenvalue weighted by atomic mass is 16.6. The van der Waals surface area contributed by atoms with Crippen LogP contribution in [-0.2, 0) is 38.1 Å². The molecule has 4 aromatic carbocycles. The second-order valence-corrected chi connectivity index (χ2v) is 10.7. The molecule has 246 valence electrons. The topological polar surface area (TPSA) is 139 Å². The van der Waals surface area contributed by atoms with E-state index in [4.69, 9.17) is 18.9 Å². The van der Waals surface area contributed by atoms with Crippen molar-refractivity contribution in [2.45, 2.75) is 25.7 Å². The molecular formula is C38H34O10. The minimum atomic E-state index is -0.851. The van der Waals surface area contributed by atoms with Crippen LogP contribution >= 0.6 is 0 Å². The average molecular weight is 651 g/mol. The van der Waals surface area contributed by atoms with Crippen LogP contribution in [0.15, 0.2) is 109 Å². The van der Waals surface area contributed by atoms with Gasteiger partial charge in [-0.1, -0.05) is 103 Å². The summed E-state index contributed by atoms with van der Waals surface area (Å²) in [4.78, 5) is 74.4. The molecule has 0 aliphatic rings. The maximum absolute atomic E-state index is 12.7. The van der Waals surface area contributed by atoms with Gasteiger partial charge in [0.2, 0.25) is 0 Å². The Morgan fingerprint density at radius 2 is 0.875 bits per heavy atom. The van der Waals surface area contributed by atoms with Crippen LogP contribution < -0.4 is 0 Å². The lowest BCUT2D eigenvalue weighted by molar-refractivity contribution is -0.164. The van der Waals surface area contributed by atoms with Gasteiger partial charge in [-0.15, -0.1) is 0 Å². The zero-order valence-electron chi connectivity index (χ0n) is 26.5. The van der Waals surface area contributed by atoms with Crippen LogP contribution in [0.5, 0.6) is 0 Å². The third-order valence-electron chi connectivity index (χ3n) is 7.37. The van der Waals surface area contributed by atoms with Crippen molar-refractivity contribution in [3.05, 3.63) is 143 Å². The van der Waals surface area contributed by atoms with Gasteiger partial charge in [0.25, 0.3) is 0 Å². The first-order valence-corrected chi connectivity index (χ1v) is 15.2. The summed E-state index contributed by atoms with van der Waals surface area (Å²) >= 11 is 0. The zero-order valence-corrected chi connectivity index (χ0v) is 26.5. The van der Waals surface area contributed by atoms with Gasteiger partial charge < -0.3 is 18.9 Å². The highest BCUT2D eigenvalue weighted by Gasteiger charge is 2.21. The molecule has 0 fully saturated rings. The maximum Gasteiger partial charge on any atom is 0.344 e. The molecule has 4 aromatic rings. The van der Waals surface area contributed by atoms with Crippen molar-refractivity contribution in [2.24, 2.45) is 0 Å². The monoisotopic (exact) mass is 650 g/mol. The fourth-order valence-corrected chi connectivity index (χ4v) is 4.56. The molecule has 0 amide bonds. The number of carbonyl (C=O) groups is 6. The molecule has 0 N–H and O–H groups in total. The van der Waals surface area contributed by atoms with E-state index in [9.17, 15) is 28.8 Å². The number of ketones is 2. The molecule has 0 heterocycles. The number of esters is 4. The predicted octanol–water partition coefficient (Wildman–Crippen LogP) is 5.23. The molecule has 48 heavy (non-hydrogen) atoms. The van der Waals surface area contributed by atoms with Crippen molar-refractivity contribution in [1.29, 1.82) is 0 Å². The summed E-state index contributed by atoms with van der Waals surface area (Å²) in [7, 11) is 0. The van der Waals surface area contributed by atoms with E-state index in [1.165, 1.54) is 0 Å². The number of ether oxygens (including phenoxy) is 4. The van der Waals surface area contributed by atoms with E-state index in [0.717, 1.165) is 0 Å². The quantitative estimate of drug-likeness (QED) is 0.0727. The minimum Gasteiger partial charge on any atom is -0.460 e. The summed E-state index contributed by atoms with van der Waals surface area (Å²) in [5.74, 6) is -4.82. The van der Waals surface area contributed by atoms with Crippen molar-refractivity contribution in [3.63, 3.8) is 0 Å². The second kappa shape index (κ2) is 17.1. The Labute approximate surface area is 277 Å². The van der Waals surface area contributed by atoms with Crippen molar-refractivity contribution < 1.29 is 47.7 Å². The first-order valence-electron chi connectivity index (χ1n) is 15.2. The number of benzene rings is 4. The van der Waals surface area contributed by atoms with Gasteiger partial charge in [0.15, 0.2) is 24.8 Å². The lowest BCUT2D eigenvalue weighted by atomic mass is 9.96. The smallest absolute Gasteiger partial charge is 0.344 e. The maximum atomic E-state index is 12.7. The van der Waals surface area contributed by atoms with Gasteiger partial charge in [0.1, 0.15) is 13.2 Å². The van der Waals surface area contributed by atoms with Crippen molar-refractivity contribution >= 4 is 35.4 Å². The van der Waals surface area contributed by atoms with E-state index in [1.54, 1.807) is 111 Å². The fourth-order valence-electron chi connectivity index (χ4n) is 4.56. The van der Waals surface area contributed by atoms with E-state index in [0.29, 0.717) is 33.4 Å². The van der Waals surface area contributed by atoms with Gasteiger partial charge in [-0.3, -0.25) is 19.2 Å². The highest BCUT2D eigenvalue weighted by Crippen LogP contribution is 2.21. The van der Waals surface area contributed by atoms with Crippen LogP contribution in [0.1, 0.15) is 68.7 Å². The molecule has 0 aliphatic heterocycles. The van der Waals surface area contributed by atoms with E-state index in [-0.39, 0.29) is 24.8 Å². The van der Waals surface area contributed by atoms with Gasteiger partial charge in [0, 0.05) is 22.3 Å². The van der Waals surface area contributed by atoms with Crippen LogP contribution in [0.25, 0.3) is 0 Å². The van der Waals surface area contributed by atoms with Crippen LogP contribution in [0.2, 0.25) is 0 Å². The molecule has 0 saturated heterocycles. The molecule has 0 bridgehead atoms. The van der Waals surface area contributed by atoms with Gasteiger partial charge >= 0.3 is 23.9 Å². The molecule has 0 aliphatic carbocycles. The number of carbonyl (C=O) groups excluding carboxylic acids is 6. The lowest BCUT2D eigenvalue weighted by Gasteiger charge is -2.13. The molecular weight excluding hydrogens is 616 g/mol. The fraction of sp³-hybridized carbons (Fsp3) is 0.211. The molecule has 10 heteroatoms. The van der Waals surface area contributed by atoms with Gasteiger partial charge in [-0.25, -0.2) is 9.59 Å². The lowest BCUT2D eigenvalue weighted by Crippen LogP contribution is -2.23. The summed E-state index contributed by atoms with van der Waals surface area (Å²) in [6, 6.07) is 30.7. The normalized spacial score (nSPS) is 11.8. The zero-order chi connectivity index (χ0) is 34.5. The molecule has 0 radical (unpaired) electrons. The van der Waals surface area contributed by atoms with Gasteiger partial charge in [-0.05, 0) is 31.0 Å². The molecule has 0 spiro atoms. The minimum absolute atomic E-state index is 0.141. The standard InChI is InChI=1S/C38H34O10/c1-25(27-16-18-30(19-17-27)35(41)28-10-5-3-6-11-28)37(43)47-23-33(39)45-20-21-46-34(40)24-48-38(44)26(2)31-14-9-15-32(22-31)36(42)29-12-7-4-8-13-29/h3-19,22,25-26H,20-21,23-24H2,1-2H3/t25-,26-/m1/s1. The Balaban J connectivity index is 1.12. The molecule has 0 unspecified atom stereocenters. The van der Waals surface area contributed by atoms with E-state index in [1.807, 2.05) is 12.1 Å². The Kier molecular flexibility index (Phi) is 12.5. The molecule has 4 rings (SSSR count). The third kappa shape index (κ3) is 9.80. The third-order valence-corrected chi connectivity index (χ3v) is 7.37. The van der Waals surface area contributed by atoms with Gasteiger partial charge in [-0.2, -0.15) is 0 Å². The number of rotatable bonds is 15. The SMILES string of the molecule is C[C@@H](C(=O)OCC(=O)OCCOC(=O)COC(=O)[C@H](C)c1cccc(C(=O)c2ccccc2)c1)c1ccc(C(=O)c2ccccc2)cc1. The van der Waals surface area contributed by atoms with Crippen LogP contribution in [-0.4, -0.2) is 61.9 Å². The van der Waals surface area contributed by atoms with Crippen LogP contribution in [0.3, 0.4) is 0 Å². The Hall–Kier alpha value is -5.90. The average Bonchev–Trinajstić information content (AvgIpc) is 3.14. The molecule has 0 saturated carbocycles. The second-order valence-electron chi connectivity index (χ2n) is 10.7. The van der Waals surface area contributed by atoms with E-state index >= 15 is 0 Å². The molecule has 0 aromatic heterocycles.